The van der Waals surface area contributed by atoms with Gasteiger partial charge in [-0.05, 0) is 13.0 Å². The van der Waals surface area contributed by atoms with Crippen LogP contribution >= 0.6 is 0 Å². The first-order valence-corrected chi connectivity index (χ1v) is 5.31. The second-order valence-corrected chi connectivity index (χ2v) is 3.90. The molecule has 1 unspecified atom stereocenters. The highest BCUT2D eigenvalue weighted by Gasteiger charge is 2.28. The van der Waals surface area contributed by atoms with Gasteiger partial charge in [-0.1, -0.05) is 0 Å². The van der Waals surface area contributed by atoms with Gasteiger partial charge in [-0.2, -0.15) is 0 Å². The number of rotatable bonds is 3. The molecule has 2 atom stereocenters. The number of nitrogens with one attached hydrogen (secondary N) is 2. The van der Waals surface area contributed by atoms with Crippen LogP contribution in [0.25, 0.3) is 0 Å². The fourth-order valence-electron chi connectivity index (χ4n) is 1.91. The third-order valence-electron chi connectivity index (χ3n) is 2.88. The molecule has 1 aliphatic heterocycles. The summed E-state index contributed by atoms with van der Waals surface area (Å²) in [6.45, 7) is 3.28. The van der Waals surface area contributed by atoms with Crippen LogP contribution in [0.15, 0.2) is 16.7 Å². The molecule has 88 valence electrons. The first-order valence-electron chi connectivity index (χ1n) is 5.31. The van der Waals surface area contributed by atoms with Gasteiger partial charge in [0.05, 0.1) is 24.0 Å². The van der Waals surface area contributed by atoms with Crippen molar-refractivity contribution in [2.24, 2.45) is 0 Å². The predicted molar refractivity (Wildman–Crippen MR) is 58.4 cm³/mol. The van der Waals surface area contributed by atoms with Crippen molar-refractivity contribution < 1.29 is 13.9 Å². The van der Waals surface area contributed by atoms with Gasteiger partial charge >= 0.3 is 0 Å². The summed E-state index contributed by atoms with van der Waals surface area (Å²) >= 11 is 0. The van der Waals surface area contributed by atoms with Crippen LogP contribution < -0.4 is 10.6 Å². The van der Waals surface area contributed by atoms with Crippen molar-refractivity contribution in [2.45, 2.75) is 19.1 Å². The average Bonchev–Trinajstić information content (AvgIpc) is 2.86. The fourth-order valence-corrected chi connectivity index (χ4v) is 1.91. The van der Waals surface area contributed by atoms with Crippen LogP contribution in [-0.4, -0.2) is 38.3 Å². The van der Waals surface area contributed by atoms with Gasteiger partial charge in [0.2, 0.25) is 0 Å². The van der Waals surface area contributed by atoms with Gasteiger partial charge in [-0.15, -0.1) is 0 Å². The molecular weight excluding hydrogens is 208 g/mol. The minimum Gasteiger partial charge on any atom is -0.469 e. The van der Waals surface area contributed by atoms with Crippen molar-refractivity contribution in [1.29, 1.82) is 0 Å². The lowest BCUT2D eigenvalue weighted by Crippen LogP contribution is -2.43. The van der Waals surface area contributed by atoms with E-state index >= 15 is 0 Å². The number of ether oxygens (including phenoxy) is 1. The van der Waals surface area contributed by atoms with Gasteiger partial charge in [-0.3, -0.25) is 4.79 Å². The van der Waals surface area contributed by atoms with Gasteiger partial charge in [0.1, 0.15) is 5.76 Å². The van der Waals surface area contributed by atoms with Crippen LogP contribution in [0.1, 0.15) is 16.1 Å². The molecule has 16 heavy (non-hydrogen) atoms. The van der Waals surface area contributed by atoms with Crippen molar-refractivity contribution in [3.8, 4) is 0 Å². The summed E-state index contributed by atoms with van der Waals surface area (Å²) in [4.78, 5) is 11.9. The third-order valence-corrected chi connectivity index (χ3v) is 2.88. The number of methoxy groups -OCH3 is 1. The standard InChI is InChI=1S/C11H16N2O3/c1-7-8(3-4-16-7)11(14)13-9-5-12-6-10(9)15-2/h3-4,9-10,12H,5-6H2,1-2H3,(H,13,14)/t9?,10-/m0/s1. The Labute approximate surface area is 94.1 Å². The van der Waals surface area contributed by atoms with E-state index < -0.39 is 0 Å². The Kier molecular flexibility index (Phi) is 3.26. The molecule has 1 amide bonds. The van der Waals surface area contributed by atoms with E-state index in [1.54, 1.807) is 20.1 Å². The summed E-state index contributed by atoms with van der Waals surface area (Å²) < 4.78 is 10.4. The number of aryl methyl sites for hydroxylation is 1. The largest absolute Gasteiger partial charge is 0.469 e. The van der Waals surface area contributed by atoms with Crippen LogP contribution in [-0.2, 0) is 4.74 Å². The van der Waals surface area contributed by atoms with E-state index in [1.165, 1.54) is 6.26 Å². The van der Waals surface area contributed by atoms with E-state index in [4.69, 9.17) is 9.15 Å². The Balaban J connectivity index is 2.00. The molecule has 0 bridgehead atoms. The maximum atomic E-state index is 11.9. The van der Waals surface area contributed by atoms with Gasteiger partial charge in [0, 0.05) is 20.2 Å². The quantitative estimate of drug-likeness (QED) is 0.775. The smallest absolute Gasteiger partial charge is 0.255 e. The zero-order chi connectivity index (χ0) is 11.5. The molecule has 2 N–H and O–H groups in total. The maximum absolute atomic E-state index is 11.9. The molecule has 2 heterocycles. The monoisotopic (exact) mass is 224 g/mol. The molecule has 2 rings (SSSR count). The lowest BCUT2D eigenvalue weighted by molar-refractivity contribution is 0.0779. The highest BCUT2D eigenvalue weighted by Crippen LogP contribution is 2.10. The molecular formula is C11H16N2O3. The predicted octanol–water partition coefficient (Wildman–Crippen LogP) is 0.305. The molecule has 1 aromatic rings. The third kappa shape index (κ3) is 2.10. The molecule has 5 heteroatoms. The molecule has 0 aliphatic carbocycles. The molecule has 5 nitrogen and oxygen atoms in total. The lowest BCUT2D eigenvalue weighted by Gasteiger charge is -2.18. The van der Waals surface area contributed by atoms with Gasteiger partial charge in [0.15, 0.2) is 0 Å². The number of carbonyl (C=O) groups excluding carboxylic acids is 1. The van der Waals surface area contributed by atoms with E-state index in [0.29, 0.717) is 11.3 Å². The van der Waals surface area contributed by atoms with Crippen molar-refractivity contribution in [3.05, 3.63) is 23.7 Å². The van der Waals surface area contributed by atoms with Crippen LogP contribution in [0.3, 0.4) is 0 Å². The molecule has 0 aromatic carbocycles. The molecule has 1 aromatic heterocycles. The van der Waals surface area contributed by atoms with Crippen molar-refractivity contribution >= 4 is 5.91 Å². The van der Waals surface area contributed by atoms with Gasteiger partial charge in [0.25, 0.3) is 5.91 Å². The second kappa shape index (κ2) is 4.67. The number of carbonyl (C=O) groups is 1. The first kappa shape index (κ1) is 11.2. The number of amides is 1. The van der Waals surface area contributed by atoms with Crippen LogP contribution in [0.4, 0.5) is 0 Å². The summed E-state index contributed by atoms with van der Waals surface area (Å²) in [7, 11) is 1.65. The Morgan fingerprint density at radius 2 is 2.44 bits per heavy atom. The molecule has 0 spiro atoms. The zero-order valence-corrected chi connectivity index (χ0v) is 9.45. The Bertz CT molecular complexity index is 375. The van der Waals surface area contributed by atoms with Gasteiger partial charge < -0.3 is 19.8 Å². The van der Waals surface area contributed by atoms with E-state index in [9.17, 15) is 4.79 Å². The zero-order valence-electron chi connectivity index (χ0n) is 9.45. The van der Waals surface area contributed by atoms with E-state index in [0.717, 1.165) is 13.1 Å². The highest BCUT2D eigenvalue weighted by atomic mass is 16.5. The van der Waals surface area contributed by atoms with Crippen LogP contribution in [0.5, 0.6) is 0 Å². The Morgan fingerprint density at radius 1 is 1.62 bits per heavy atom. The number of hydrogen-bond donors (Lipinski definition) is 2. The summed E-state index contributed by atoms with van der Waals surface area (Å²) in [5.74, 6) is 0.527. The summed E-state index contributed by atoms with van der Waals surface area (Å²) in [5, 5.41) is 6.11. The highest BCUT2D eigenvalue weighted by molar-refractivity contribution is 5.95. The summed E-state index contributed by atoms with van der Waals surface area (Å²) in [6, 6.07) is 1.70. The topological polar surface area (TPSA) is 63.5 Å². The molecule has 1 fully saturated rings. The number of furan rings is 1. The van der Waals surface area contributed by atoms with Gasteiger partial charge in [-0.25, -0.2) is 0 Å². The maximum Gasteiger partial charge on any atom is 0.255 e. The molecule has 1 saturated heterocycles. The molecule has 1 aliphatic rings. The summed E-state index contributed by atoms with van der Waals surface area (Å²) in [5.41, 5.74) is 0.585. The van der Waals surface area contributed by atoms with Crippen molar-refractivity contribution in [3.63, 3.8) is 0 Å². The van der Waals surface area contributed by atoms with E-state index in [-0.39, 0.29) is 18.1 Å². The van der Waals surface area contributed by atoms with Crippen LogP contribution in [0.2, 0.25) is 0 Å². The van der Waals surface area contributed by atoms with Crippen molar-refractivity contribution in [1.82, 2.24) is 10.6 Å². The Morgan fingerprint density at radius 3 is 3.06 bits per heavy atom. The normalized spacial score (nSPS) is 24.6. The minimum absolute atomic E-state index is 0.0202. The van der Waals surface area contributed by atoms with Crippen LogP contribution in [0, 0.1) is 6.92 Å². The van der Waals surface area contributed by atoms with Crippen molar-refractivity contribution in [2.75, 3.05) is 20.2 Å². The lowest BCUT2D eigenvalue weighted by atomic mass is 10.2. The summed E-state index contributed by atoms with van der Waals surface area (Å²) in [6.07, 6.45) is 1.56. The fraction of sp³-hybridized carbons (Fsp3) is 0.545. The molecule has 0 saturated carbocycles. The second-order valence-electron chi connectivity index (χ2n) is 3.90. The number of hydrogen-bond acceptors (Lipinski definition) is 4. The van der Waals surface area contributed by atoms with E-state index in [2.05, 4.69) is 10.6 Å². The van der Waals surface area contributed by atoms with E-state index in [1.807, 2.05) is 0 Å². The SMILES string of the molecule is CO[C@H]1CNCC1NC(=O)c1ccoc1C. The first-order chi connectivity index (χ1) is 7.72. The minimum atomic E-state index is -0.109. The Hall–Kier alpha value is -1.33. The molecule has 0 radical (unpaired) electrons. The average molecular weight is 224 g/mol.